The standard InChI is InChI=1S/C21H22N2O4/c1-5-11-27-21(25)18-14(4)23-13(3)17(20(24)26-6-2)19(18)16-10-8-7-9-15(16)12-22/h5,7-10,19,23H,1,6,11H2,2-4H3. The molecule has 1 aromatic carbocycles. The van der Waals surface area contributed by atoms with Gasteiger partial charge in [0.1, 0.15) is 6.61 Å². The van der Waals surface area contributed by atoms with E-state index in [0.717, 1.165) is 0 Å². The van der Waals surface area contributed by atoms with E-state index in [1.54, 1.807) is 45.0 Å². The van der Waals surface area contributed by atoms with Crippen molar-refractivity contribution >= 4 is 11.9 Å². The van der Waals surface area contributed by atoms with Crippen LogP contribution in [0.25, 0.3) is 0 Å². The van der Waals surface area contributed by atoms with Gasteiger partial charge in [0.15, 0.2) is 0 Å². The van der Waals surface area contributed by atoms with Gasteiger partial charge in [-0.3, -0.25) is 0 Å². The van der Waals surface area contributed by atoms with Crippen LogP contribution in [0.1, 0.15) is 37.8 Å². The van der Waals surface area contributed by atoms with Gasteiger partial charge >= 0.3 is 11.9 Å². The smallest absolute Gasteiger partial charge is 0.337 e. The Morgan fingerprint density at radius 3 is 2.33 bits per heavy atom. The molecule has 1 unspecified atom stereocenters. The van der Waals surface area contributed by atoms with Gasteiger partial charge < -0.3 is 14.8 Å². The van der Waals surface area contributed by atoms with Crippen molar-refractivity contribution in [2.75, 3.05) is 13.2 Å². The molecule has 140 valence electrons. The zero-order valence-corrected chi connectivity index (χ0v) is 15.7. The molecule has 1 aliphatic heterocycles. The Hall–Kier alpha value is -3.33. The van der Waals surface area contributed by atoms with E-state index in [-0.39, 0.29) is 24.4 Å². The number of carbonyl (C=O) groups is 2. The fourth-order valence-corrected chi connectivity index (χ4v) is 3.12. The summed E-state index contributed by atoms with van der Waals surface area (Å²) in [6.07, 6.45) is 1.47. The number of allylic oxidation sites excluding steroid dienone is 2. The number of rotatable bonds is 6. The lowest BCUT2D eigenvalue weighted by Crippen LogP contribution is -2.33. The van der Waals surface area contributed by atoms with Crippen LogP contribution < -0.4 is 5.32 Å². The molecule has 0 saturated carbocycles. The average molecular weight is 366 g/mol. The van der Waals surface area contributed by atoms with Crippen LogP contribution in [0.2, 0.25) is 0 Å². The summed E-state index contributed by atoms with van der Waals surface area (Å²) in [5, 5.41) is 12.6. The summed E-state index contributed by atoms with van der Waals surface area (Å²) in [5.74, 6) is -1.88. The van der Waals surface area contributed by atoms with Crippen LogP contribution in [0.5, 0.6) is 0 Å². The number of nitrogens with one attached hydrogen (secondary N) is 1. The molecule has 27 heavy (non-hydrogen) atoms. The lowest BCUT2D eigenvalue weighted by Gasteiger charge is -2.30. The number of dihydropyridines is 1. The molecule has 0 aliphatic carbocycles. The maximum absolute atomic E-state index is 12.8. The van der Waals surface area contributed by atoms with Crippen molar-refractivity contribution in [2.45, 2.75) is 26.7 Å². The first-order valence-corrected chi connectivity index (χ1v) is 8.58. The highest BCUT2D eigenvalue weighted by Gasteiger charge is 2.38. The molecular formula is C21H22N2O4. The number of hydrogen-bond donors (Lipinski definition) is 1. The predicted molar refractivity (Wildman–Crippen MR) is 100 cm³/mol. The van der Waals surface area contributed by atoms with E-state index in [0.29, 0.717) is 22.5 Å². The number of esters is 2. The predicted octanol–water partition coefficient (Wildman–Crippen LogP) is 3.09. The summed E-state index contributed by atoms with van der Waals surface area (Å²) in [6.45, 7) is 8.97. The normalized spacial score (nSPS) is 16.3. The molecule has 1 atom stereocenters. The van der Waals surface area contributed by atoms with Crippen molar-refractivity contribution in [2.24, 2.45) is 0 Å². The van der Waals surface area contributed by atoms with E-state index in [2.05, 4.69) is 18.0 Å². The minimum Gasteiger partial charge on any atom is -0.463 e. The number of benzene rings is 1. The minimum atomic E-state index is -0.765. The molecule has 6 nitrogen and oxygen atoms in total. The number of ether oxygens (including phenoxy) is 2. The fraction of sp³-hybridized carbons (Fsp3) is 0.286. The average Bonchev–Trinajstić information content (AvgIpc) is 2.65. The van der Waals surface area contributed by atoms with Crippen LogP contribution in [0.4, 0.5) is 0 Å². The number of nitriles is 1. The molecule has 1 heterocycles. The highest BCUT2D eigenvalue weighted by Crippen LogP contribution is 2.40. The zero-order valence-electron chi connectivity index (χ0n) is 15.7. The zero-order chi connectivity index (χ0) is 20.0. The number of hydrogen-bond acceptors (Lipinski definition) is 6. The first-order valence-electron chi connectivity index (χ1n) is 8.58. The Morgan fingerprint density at radius 2 is 1.78 bits per heavy atom. The lowest BCUT2D eigenvalue weighted by atomic mass is 9.79. The Kier molecular flexibility index (Phi) is 6.56. The number of nitrogens with zero attached hydrogens (tertiary/aromatic N) is 1. The number of carbonyl (C=O) groups excluding carboxylic acids is 2. The Balaban J connectivity index is 2.69. The van der Waals surface area contributed by atoms with Gasteiger partial charge in [0.05, 0.1) is 35.3 Å². The second kappa shape index (κ2) is 8.86. The van der Waals surface area contributed by atoms with E-state index < -0.39 is 17.9 Å². The maximum Gasteiger partial charge on any atom is 0.337 e. The van der Waals surface area contributed by atoms with E-state index in [9.17, 15) is 14.9 Å². The van der Waals surface area contributed by atoms with Gasteiger partial charge in [-0.15, -0.1) is 0 Å². The van der Waals surface area contributed by atoms with Crippen LogP contribution in [-0.2, 0) is 19.1 Å². The van der Waals surface area contributed by atoms with Crippen molar-refractivity contribution < 1.29 is 19.1 Å². The molecule has 1 N–H and O–H groups in total. The molecule has 0 bridgehead atoms. The summed E-state index contributed by atoms with van der Waals surface area (Å²) in [7, 11) is 0. The summed E-state index contributed by atoms with van der Waals surface area (Å²) in [6, 6.07) is 9.01. The molecule has 1 aliphatic rings. The van der Waals surface area contributed by atoms with Gasteiger partial charge in [0.25, 0.3) is 0 Å². The first kappa shape index (κ1) is 20.0. The maximum atomic E-state index is 12.8. The van der Waals surface area contributed by atoms with Crippen molar-refractivity contribution in [3.05, 3.63) is 70.6 Å². The van der Waals surface area contributed by atoms with Crippen molar-refractivity contribution in [1.82, 2.24) is 5.32 Å². The molecule has 2 rings (SSSR count). The molecule has 1 aromatic rings. The third kappa shape index (κ3) is 4.09. The van der Waals surface area contributed by atoms with E-state index >= 15 is 0 Å². The van der Waals surface area contributed by atoms with E-state index in [4.69, 9.17) is 9.47 Å². The SMILES string of the molecule is C=CCOC(=O)C1=C(C)NC(C)=C(C(=O)OCC)C1c1ccccc1C#N. The molecule has 0 spiro atoms. The molecule has 0 radical (unpaired) electrons. The second-order valence-electron chi connectivity index (χ2n) is 5.94. The largest absolute Gasteiger partial charge is 0.463 e. The van der Waals surface area contributed by atoms with Crippen molar-refractivity contribution in [3.63, 3.8) is 0 Å². The summed E-state index contributed by atoms with van der Waals surface area (Å²) in [5.41, 5.74) is 2.62. The van der Waals surface area contributed by atoms with Gasteiger partial charge in [-0.1, -0.05) is 30.9 Å². The van der Waals surface area contributed by atoms with Crippen LogP contribution in [-0.4, -0.2) is 25.2 Å². The summed E-state index contributed by atoms with van der Waals surface area (Å²) >= 11 is 0. The monoisotopic (exact) mass is 366 g/mol. The van der Waals surface area contributed by atoms with Gasteiger partial charge in [0, 0.05) is 11.4 Å². The quantitative estimate of drug-likeness (QED) is 0.615. The van der Waals surface area contributed by atoms with Gasteiger partial charge in [-0.05, 0) is 32.4 Å². The molecular weight excluding hydrogens is 344 g/mol. The Labute approximate surface area is 158 Å². The van der Waals surface area contributed by atoms with Gasteiger partial charge in [-0.25, -0.2) is 9.59 Å². The molecule has 6 heteroatoms. The Bertz CT molecular complexity index is 874. The van der Waals surface area contributed by atoms with Gasteiger partial charge in [0.2, 0.25) is 0 Å². The highest BCUT2D eigenvalue weighted by molar-refractivity contribution is 6.00. The van der Waals surface area contributed by atoms with Crippen LogP contribution in [0.15, 0.2) is 59.5 Å². The third-order valence-corrected chi connectivity index (χ3v) is 4.20. The van der Waals surface area contributed by atoms with Gasteiger partial charge in [-0.2, -0.15) is 5.26 Å². The minimum absolute atomic E-state index is 0.0413. The van der Waals surface area contributed by atoms with Crippen LogP contribution >= 0.6 is 0 Å². The van der Waals surface area contributed by atoms with Crippen molar-refractivity contribution in [3.8, 4) is 6.07 Å². The first-order chi connectivity index (χ1) is 13.0. The topological polar surface area (TPSA) is 88.4 Å². The summed E-state index contributed by atoms with van der Waals surface area (Å²) in [4.78, 5) is 25.4. The van der Waals surface area contributed by atoms with Crippen molar-refractivity contribution in [1.29, 1.82) is 5.26 Å². The van der Waals surface area contributed by atoms with E-state index in [1.165, 1.54) is 6.08 Å². The lowest BCUT2D eigenvalue weighted by molar-refractivity contribution is -0.139. The fourth-order valence-electron chi connectivity index (χ4n) is 3.12. The third-order valence-electron chi connectivity index (χ3n) is 4.20. The second-order valence-corrected chi connectivity index (χ2v) is 5.94. The Morgan fingerprint density at radius 1 is 1.19 bits per heavy atom. The highest BCUT2D eigenvalue weighted by atomic mass is 16.5. The summed E-state index contributed by atoms with van der Waals surface area (Å²) < 4.78 is 10.4. The molecule has 0 fully saturated rings. The molecule has 0 aromatic heterocycles. The van der Waals surface area contributed by atoms with Crippen LogP contribution in [0.3, 0.4) is 0 Å². The molecule has 0 amide bonds. The van der Waals surface area contributed by atoms with E-state index in [1.807, 2.05) is 0 Å². The molecule has 0 saturated heterocycles. The van der Waals surface area contributed by atoms with Crippen LogP contribution in [0, 0.1) is 11.3 Å².